The summed E-state index contributed by atoms with van der Waals surface area (Å²) in [6.45, 7) is 0.595. The van der Waals surface area contributed by atoms with Gasteiger partial charge in [0, 0.05) is 24.5 Å². The van der Waals surface area contributed by atoms with E-state index in [0.717, 1.165) is 11.1 Å². The van der Waals surface area contributed by atoms with E-state index in [-0.39, 0.29) is 0 Å². The summed E-state index contributed by atoms with van der Waals surface area (Å²) >= 11 is 0. The van der Waals surface area contributed by atoms with Gasteiger partial charge < -0.3 is 5.73 Å². The van der Waals surface area contributed by atoms with Crippen molar-refractivity contribution in [1.82, 2.24) is 4.98 Å². The highest BCUT2D eigenvalue weighted by Crippen LogP contribution is 2.14. The molecule has 0 aliphatic heterocycles. The van der Waals surface area contributed by atoms with Crippen LogP contribution < -0.4 is 5.73 Å². The van der Waals surface area contributed by atoms with Crippen LogP contribution in [0.25, 0.3) is 10.8 Å². The number of hydrogen-bond acceptors (Lipinski definition) is 2. The fourth-order valence-corrected chi connectivity index (χ4v) is 1.44. The van der Waals surface area contributed by atoms with Gasteiger partial charge in [0.1, 0.15) is 5.69 Å². The van der Waals surface area contributed by atoms with Crippen molar-refractivity contribution >= 4 is 10.8 Å². The van der Waals surface area contributed by atoms with Crippen molar-refractivity contribution in [3.05, 3.63) is 42.2 Å². The third-order valence-electron chi connectivity index (χ3n) is 2.15. The van der Waals surface area contributed by atoms with E-state index in [1.165, 1.54) is 5.39 Å². The number of nitrogens with zero attached hydrogens (tertiary/aromatic N) is 1. The summed E-state index contributed by atoms with van der Waals surface area (Å²) in [6.07, 6.45) is 2.50. The molecule has 0 spiro atoms. The molecule has 0 aliphatic carbocycles. The molecule has 0 fully saturated rings. The molecule has 1 aromatic heterocycles. The summed E-state index contributed by atoms with van der Waals surface area (Å²) in [5.41, 5.74) is 6.22. The summed E-state index contributed by atoms with van der Waals surface area (Å²) in [7, 11) is 0. The van der Waals surface area contributed by atoms with Gasteiger partial charge in [0.25, 0.3) is 0 Å². The topological polar surface area (TPSA) is 38.9 Å². The predicted octanol–water partition coefficient (Wildman–Crippen LogP) is 1.94. The van der Waals surface area contributed by atoms with Crippen molar-refractivity contribution in [3.8, 4) is 11.8 Å². The zero-order chi connectivity index (χ0) is 10.5. The number of hydrogen-bond donors (Lipinski definition) is 1. The van der Waals surface area contributed by atoms with E-state index in [0.29, 0.717) is 13.0 Å². The van der Waals surface area contributed by atoms with Crippen LogP contribution >= 0.6 is 0 Å². The van der Waals surface area contributed by atoms with Crippen molar-refractivity contribution in [3.63, 3.8) is 0 Å². The third kappa shape index (κ3) is 2.15. The number of nitrogens with two attached hydrogens (primary N) is 1. The fraction of sp³-hybridized carbons (Fsp3) is 0.154. The Morgan fingerprint density at radius 3 is 2.93 bits per heavy atom. The monoisotopic (exact) mass is 196 g/mol. The van der Waals surface area contributed by atoms with Crippen LogP contribution in [0.5, 0.6) is 0 Å². The summed E-state index contributed by atoms with van der Waals surface area (Å²) in [5, 5.41) is 2.27. The lowest BCUT2D eigenvalue weighted by atomic mass is 10.1. The average Bonchev–Trinajstić information content (AvgIpc) is 2.30. The summed E-state index contributed by atoms with van der Waals surface area (Å²) in [5.74, 6) is 6.05. The van der Waals surface area contributed by atoms with Crippen molar-refractivity contribution in [1.29, 1.82) is 0 Å². The van der Waals surface area contributed by atoms with Gasteiger partial charge in [-0.1, -0.05) is 30.2 Å². The zero-order valence-corrected chi connectivity index (χ0v) is 8.40. The zero-order valence-electron chi connectivity index (χ0n) is 8.40. The SMILES string of the molecule is NCCC#Cc1nccc2ccccc12. The molecule has 0 saturated heterocycles. The van der Waals surface area contributed by atoms with Gasteiger partial charge in [0.05, 0.1) is 0 Å². The molecule has 0 saturated carbocycles. The van der Waals surface area contributed by atoms with Gasteiger partial charge in [-0.05, 0) is 17.4 Å². The van der Waals surface area contributed by atoms with Gasteiger partial charge >= 0.3 is 0 Å². The summed E-state index contributed by atoms with van der Waals surface area (Å²) in [4.78, 5) is 4.26. The number of aromatic nitrogens is 1. The molecule has 0 amide bonds. The number of pyridine rings is 1. The lowest BCUT2D eigenvalue weighted by Gasteiger charge is -1.98. The van der Waals surface area contributed by atoms with Gasteiger partial charge in [0.2, 0.25) is 0 Å². The van der Waals surface area contributed by atoms with Gasteiger partial charge in [-0.15, -0.1) is 0 Å². The average molecular weight is 196 g/mol. The molecule has 74 valence electrons. The molecule has 2 N–H and O–H groups in total. The van der Waals surface area contributed by atoms with Crippen LogP contribution in [-0.2, 0) is 0 Å². The molecule has 0 unspecified atom stereocenters. The molecule has 0 atom stereocenters. The first-order valence-corrected chi connectivity index (χ1v) is 4.94. The third-order valence-corrected chi connectivity index (χ3v) is 2.15. The molecular weight excluding hydrogens is 184 g/mol. The maximum atomic E-state index is 5.38. The highest BCUT2D eigenvalue weighted by atomic mass is 14.7. The van der Waals surface area contributed by atoms with Crippen LogP contribution in [0, 0.1) is 11.8 Å². The Bertz CT molecular complexity index is 515. The van der Waals surface area contributed by atoms with Gasteiger partial charge in [-0.2, -0.15) is 0 Å². The van der Waals surface area contributed by atoms with Crippen LogP contribution in [-0.4, -0.2) is 11.5 Å². The van der Waals surface area contributed by atoms with Crippen molar-refractivity contribution in [2.75, 3.05) is 6.54 Å². The molecule has 0 bridgehead atoms. The predicted molar refractivity (Wildman–Crippen MR) is 62.3 cm³/mol. The van der Waals surface area contributed by atoms with Crippen LogP contribution in [0.4, 0.5) is 0 Å². The molecule has 2 heteroatoms. The molecule has 2 aromatic rings. The minimum Gasteiger partial charge on any atom is -0.330 e. The molecule has 0 aliphatic rings. The van der Waals surface area contributed by atoms with Gasteiger partial charge in [0.15, 0.2) is 0 Å². The Labute approximate surface area is 89.1 Å². The maximum Gasteiger partial charge on any atom is 0.120 e. The van der Waals surface area contributed by atoms with E-state index in [4.69, 9.17) is 5.73 Å². The van der Waals surface area contributed by atoms with Gasteiger partial charge in [-0.25, -0.2) is 4.98 Å². The highest BCUT2D eigenvalue weighted by Gasteiger charge is 1.96. The molecule has 2 nitrogen and oxygen atoms in total. The lowest BCUT2D eigenvalue weighted by Crippen LogP contribution is -1.95. The van der Waals surface area contributed by atoms with Crippen LogP contribution in [0.15, 0.2) is 36.5 Å². The molecule has 15 heavy (non-hydrogen) atoms. The van der Waals surface area contributed by atoms with Crippen LogP contribution in [0.3, 0.4) is 0 Å². The Morgan fingerprint density at radius 2 is 2.07 bits per heavy atom. The van der Waals surface area contributed by atoms with E-state index in [1.807, 2.05) is 24.3 Å². The van der Waals surface area contributed by atoms with E-state index >= 15 is 0 Å². The van der Waals surface area contributed by atoms with Crippen LogP contribution in [0.2, 0.25) is 0 Å². The van der Waals surface area contributed by atoms with Crippen molar-refractivity contribution < 1.29 is 0 Å². The lowest BCUT2D eigenvalue weighted by molar-refractivity contribution is 1.03. The summed E-state index contributed by atoms with van der Waals surface area (Å²) in [6, 6.07) is 10.1. The van der Waals surface area contributed by atoms with Crippen molar-refractivity contribution in [2.45, 2.75) is 6.42 Å². The first-order chi connectivity index (χ1) is 7.42. The first-order valence-electron chi connectivity index (χ1n) is 4.94. The molecule has 0 radical (unpaired) electrons. The quantitative estimate of drug-likeness (QED) is 0.708. The Morgan fingerprint density at radius 1 is 1.20 bits per heavy atom. The Balaban J connectivity index is 2.48. The highest BCUT2D eigenvalue weighted by molar-refractivity contribution is 5.86. The van der Waals surface area contributed by atoms with E-state index in [1.54, 1.807) is 6.20 Å². The minimum atomic E-state index is 0.595. The van der Waals surface area contributed by atoms with E-state index in [2.05, 4.69) is 22.9 Å². The number of benzene rings is 1. The Kier molecular flexibility index (Phi) is 2.96. The fourth-order valence-electron chi connectivity index (χ4n) is 1.44. The molecular formula is C13H12N2. The van der Waals surface area contributed by atoms with E-state index < -0.39 is 0 Å². The second-order valence-electron chi connectivity index (χ2n) is 3.22. The normalized spacial score (nSPS) is 9.67. The maximum absolute atomic E-state index is 5.38. The summed E-state index contributed by atoms with van der Waals surface area (Å²) < 4.78 is 0. The second kappa shape index (κ2) is 4.59. The second-order valence-corrected chi connectivity index (χ2v) is 3.22. The largest absolute Gasteiger partial charge is 0.330 e. The standard InChI is InChI=1S/C13H12N2/c14-9-4-3-7-13-12-6-2-1-5-11(12)8-10-15-13/h1-2,5-6,8,10H,4,9,14H2. The molecule has 1 heterocycles. The van der Waals surface area contributed by atoms with E-state index in [9.17, 15) is 0 Å². The first kappa shape index (κ1) is 9.70. The molecule has 1 aromatic carbocycles. The molecule has 2 rings (SSSR count). The van der Waals surface area contributed by atoms with Crippen LogP contribution in [0.1, 0.15) is 12.1 Å². The number of rotatable bonds is 1. The van der Waals surface area contributed by atoms with Gasteiger partial charge in [-0.3, -0.25) is 0 Å². The smallest absolute Gasteiger partial charge is 0.120 e. The van der Waals surface area contributed by atoms with Crippen molar-refractivity contribution in [2.24, 2.45) is 5.73 Å². The minimum absolute atomic E-state index is 0.595. The Hall–Kier alpha value is -1.85. The number of fused-ring (bicyclic) bond motifs is 1.